The van der Waals surface area contributed by atoms with Crippen molar-refractivity contribution in [2.45, 2.75) is 44.4 Å². The zero-order chi connectivity index (χ0) is 23.8. The molecule has 0 aliphatic heterocycles. The summed E-state index contributed by atoms with van der Waals surface area (Å²) in [4.78, 5) is 2.42. The van der Waals surface area contributed by atoms with Crippen LogP contribution in [0.3, 0.4) is 0 Å². The molecule has 5 heteroatoms. The molecule has 3 aromatic carbocycles. The fraction of sp³-hybridized carbons (Fsp3) is 0.379. The molecule has 1 aliphatic carbocycles. The third-order valence-corrected chi connectivity index (χ3v) is 6.62. The maximum Gasteiger partial charge on any atom is 0.122 e. The maximum absolute atomic E-state index is 10.9. The monoisotopic (exact) mass is 461 g/mol. The largest absolute Gasteiger partial charge is 0.496 e. The molecule has 0 aromatic heterocycles. The fourth-order valence-corrected chi connectivity index (χ4v) is 4.91. The predicted molar refractivity (Wildman–Crippen MR) is 135 cm³/mol. The average molecular weight is 462 g/mol. The van der Waals surface area contributed by atoms with Gasteiger partial charge in [-0.25, -0.2) is 0 Å². The third kappa shape index (κ3) is 6.10. The van der Waals surface area contributed by atoms with E-state index in [0.717, 1.165) is 49.5 Å². The van der Waals surface area contributed by atoms with Crippen molar-refractivity contribution in [3.8, 4) is 17.2 Å². The summed E-state index contributed by atoms with van der Waals surface area (Å²) in [6.07, 6.45) is 3.24. The Balaban J connectivity index is 1.49. The molecule has 1 N–H and O–H groups in total. The summed E-state index contributed by atoms with van der Waals surface area (Å²) in [5.41, 5.74) is 3.74. The van der Waals surface area contributed by atoms with Gasteiger partial charge in [-0.1, -0.05) is 48.5 Å². The molecule has 3 aromatic rings. The number of hydrogen-bond acceptors (Lipinski definition) is 5. The van der Waals surface area contributed by atoms with E-state index in [9.17, 15) is 5.11 Å². The fourth-order valence-electron chi connectivity index (χ4n) is 4.91. The summed E-state index contributed by atoms with van der Waals surface area (Å²) >= 11 is 0. The van der Waals surface area contributed by atoms with E-state index in [1.54, 1.807) is 14.2 Å². The number of aliphatic hydroxyl groups excluding tert-OH is 1. The van der Waals surface area contributed by atoms with Crippen molar-refractivity contribution < 1.29 is 19.3 Å². The van der Waals surface area contributed by atoms with E-state index in [4.69, 9.17) is 14.2 Å². The number of hydrogen-bond donors (Lipinski definition) is 1. The molecule has 180 valence electrons. The molecule has 0 heterocycles. The summed E-state index contributed by atoms with van der Waals surface area (Å²) < 4.78 is 17.2. The molecule has 4 rings (SSSR count). The van der Waals surface area contributed by atoms with Gasteiger partial charge in [0.25, 0.3) is 0 Å². The Labute approximate surface area is 202 Å². The number of aliphatic hydroxyl groups is 1. The molecule has 0 saturated carbocycles. The van der Waals surface area contributed by atoms with Crippen molar-refractivity contribution in [2.24, 2.45) is 0 Å². The zero-order valence-electron chi connectivity index (χ0n) is 20.2. The lowest BCUT2D eigenvalue weighted by atomic mass is 10.0. The average Bonchev–Trinajstić information content (AvgIpc) is 3.11. The lowest BCUT2D eigenvalue weighted by molar-refractivity contribution is 0.0450. The van der Waals surface area contributed by atoms with Gasteiger partial charge < -0.3 is 19.3 Å². The van der Waals surface area contributed by atoms with Crippen LogP contribution in [-0.2, 0) is 19.4 Å². The number of ether oxygens (including phenoxy) is 3. The van der Waals surface area contributed by atoms with E-state index in [1.807, 2.05) is 48.5 Å². The van der Waals surface area contributed by atoms with Gasteiger partial charge >= 0.3 is 0 Å². The Morgan fingerprint density at radius 1 is 0.824 bits per heavy atom. The Morgan fingerprint density at radius 2 is 1.38 bits per heavy atom. The van der Waals surface area contributed by atoms with Crippen LogP contribution in [0.4, 0.5) is 0 Å². The van der Waals surface area contributed by atoms with Crippen molar-refractivity contribution in [1.29, 1.82) is 0 Å². The molecule has 0 spiro atoms. The lowest BCUT2D eigenvalue weighted by Gasteiger charge is -2.33. The van der Waals surface area contributed by atoms with Gasteiger partial charge in [0, 0.05) is 30.3 Å². The molecule has 0 amide bonds. The van der Waals surface area contributed by atoms with Crippen LogP contribution < -0.4 is 14.2 Å². The van der Waals surface area contributed by atoms with Gasteiger partial charge in [-0.3, -0.25) is 4.90 Å². The van der Waals surface area contributed by atoms with Crippen LogP contribution in [0.5, 0.6) is 17.2 Å². The van der Waals surface area contributed by atoms with E-state index in [1.165, 1.54) is 16.7 Å². The predicted octanol–water partition coefficient (Wildman–Crippen LogP) is 4.89. The number of para-hydroxylation sites is 1. The number of rotatable bonds is 10. The van der Waals surface area contributed by atoms with E-state index in [-0.39, 0.29) is 6.61 Å². The third-order valence-electron chi connectivity index (χ3n) is 6.62. The van der Waals surface area contributed by atoms with E-state index >= 15 is 0 Å². The van der Waals surface area contributed by atoms with Crippen LogP contribution >= 0.6 is 0 Å². The first-order valence-electron chi connectivity index (χ1n) is 12.0. The number of fused-ring (bicyclic) bond motifs is 1. The Kier molecular flexibility index (Phi) is 8.45. The SMILES string of the molecule is COc1ccc(OC)c2c1CCC(N(Cc1ccccc1)C[C@H](O)COc1ccccc1)CC2. The Bertz CT molecular complexity index is 990. The number of methoxy groups -OCH3 is 2. The first-order valence-corrected chi connectivity index (χ1v) is 12.0. The van der Waals surface area contributed by atoms with Gasteiger partial charge in [0.2, 0.25) is 0 Å². The minimum Gasteiger partial charge on any atom is -0.496 e. The number of benzene rings is 3. The first-order chi connectivity index (χ1) is 16.7. The van der Waals surface area contributed by atoms with Gasteiger partial charge in [-0.2, -0.15) is 0 Å². The standard InChI is InChI=1S/C29H35NO4/c1-32-28-17-18-29(33-2)27-16-14-23(13-15-26(27)28)30(19-22-9-5-3-6-10-22)20-24(31)21-34-25-11-7-4-8-12-25/h3-12,17-18,23-24,31H,13-16,19-21H2,1-2H3/t24-/m0/s1. The molecule has 0 bridgehead atoms. The summed E-state index contributed by atoms with van der Waals surface area (Å²) in [5.74, 6) is 2.64. The number of nitrogens with zero attached hydrogens (tertiary/aromatic N) is 1. The molecular formula is C29H35NO4. The van der Waals surface area contributed by atoms with Crippen LogP contribution in [0.25, 0.3) is 0 Å². The second-order valence-electron chi connectivity index (χ2n) is 8.85. The van der Waals surface area contributed by atoms with Crippen LogP contribution in [0.2, 0.25) is 0 Å². The van der Waals surface area contributed by atoms with Gasteiger partial charge in [-0.05, 0) is 55.5 Å². The van der Waals surface area contributed by atoms with E-state index in [0.29, 0.717) is 12.6 Å². The smallest absolute Gasteiger partial charge is 0.122 e. The van der Waals surface area contributed by atoms with Crippen molar-refractivity contribution in [2.75, 3.05) is 27.4 Å². The molecule has 0 fully saturated rings. The summed E-state index contributed by atoms with van der Waals surface area (Å²) in [6, 6.07) is 24.5. The van der Waals surface area contributed by atoms with Crippen molar-refractivity contribution >= 4 is 0 Å². The Morgan fingerprint density at radius 3 is 1.94 bits per heavy atom. The first kappa shape index (κ1) is 24.1. The van der Waals surface area contributed by atoms with Crippen LogP contribution in [0, 0.1) is 0 Å². The summed E-state index contributed by atoms with van der Waals surface area (Å²) in [5, 5.41) is 10.9. The molecule has 34 heavy (non-hydrogen) atoms. The molecular weight excluding hydrogens is 426 g/mol. The van der Waals surface area contributed by atoms with Crippen LogP contribution in [0.1, 0.15) is 29.5 Å². The molecule has 1 atom stereocenters. The van der Waals surface area contributed by atoms with Crippen molar-refractivity contribution in [3.63, 3.8) is 0 Å². The van der Waals surface area contributed by atoms with Crippen LogP contribution in [0.15, 0.2) is 72.8 Å². The summed E-state index contributed by atoms with van der Waals surface area (Å²) in [7, 11) is 3.46. The highest BCUT2D eigenvalue weighted by Gasteiger charge is 2.27. The minimum atomic E-state index is -0.585. The maximum atomic E-state index is 10.9. The molecule has 1 aliphatic rings. The topological polar surface area (TPSA) is 51.2 Å². The normalized spacial score (nSPS) is 14.8. The molecule has 0 saturated heterocycles. The zero-order valence-corrected chi connectivity index (χ0v) is 20.2. The van der Waals surface area contributed by atoms with Crippen molar-refractivity contribution in [3.05, 3.63) is 89.5 Å². The Hall–Kier alpha value is -3.02. The second-order valence-corrected chi connectivity index (χ2v) is 8.85. The van der Waals surface area contributed by atoms with Gasteiger partial charge in [-0.15, -0.1) is 0 Å². The summed E-state index contributed by atoms with van der Waals surface area (Å²) in [6.45, 7) is 1.61. The van der Waals surface area contributed by atoms with Gasteiger partial charge in [0.1, 0.15) is 30.0 Å². The van der Waals surface area contributed by atoms with Gasteiger partial charge in [0.15, 0.2) is 0 Å². The van der Waals surface area contributed by atoms with Gasteiger partial charge in [0.05, 0.1) is 14.2 Å². The molecule has 0 unspecified atom stereocenters. The van der Waals surface area contributed by atoms with E-state index < -0.39 is 6.10 Å². The molecule has 0 radical (unpaired) electrons. The lowest BCUT2D eigenvalue weighted by Crippen LogP contribution is -2.42. The highest BCUT2D eigenvalue weighted by Crippen LogP contribution is 2.36. The highest BCUT2D eigenvalue weighted by atomic mass is 16.5. The quantitative estimate of drug-likeness (QED) is 0.436. The molecule has 5 nitrogen and oxygen atoms in total. The van der Waals surface area contributed by atoms with Crippen molar-refractivity contribution in [1.82, 2.24) is 4.90 Å². The minimum absolute atomic E-state index is 0.268. The highest BCUT2D eigenvalue weighted by molar-refractivity contribution is 5.49. The van der Waals surface area contributed by atoms with Crippen LogP contribution in [-0.4, -0.2) is 49.5 Å². The van der Waals surface area contributed by atoms with E-state index in [2.05, 4.69) is 29.2 Å². The second kappa shape index (κ2) is 11.9.